The number of amides is 1. The molecule has 1 aliphatic heterocycles. The number of benzene rings is 1. The second-order valence-electron chi connectivity index (χ2n) is 8.94. The number of fused-ring (bicyclic) bond motifs is 1. The average Bonchev–Trinajstić information content (AvgIpc) is 2.74. The third-order valence-electron chi connectivity index (χ3n) is 5.76. The summed E-state index contributed by atoms with van der Waals surface area (Å²) in [6.45, 7) is 9.33. The van der Waals surface area contributed by atoms with Crippen LogP contribution in [0.1, 0.15) is 49.0 Å². The maximum Gasteiger partial charge on any atom is 0.252 e. The van der Waals surface area contributed by atoms with Crippen LogP contribution >= 0.6 is 0 Å². The Morgan fingerprint density at radius 3 is 2.67 bits per heavy atom. The highest BCUT2D eigenvalue weighted by molar-refractivity contribution is 6.08. The monoisotopic (exact) mass is 402 g/mol. The molecule has 1 amide bonds. The van der Waals surface area contributed by atoms with Crippen LogP contribution in [-0.2, 0) is 0 Å². The number of nitrogens with one attached hydrogen (secondary N) is 1. The normalized spacial score (nSPS) is 15.3. The van der Waals surface area contributed by atoms with E-state index in [-0.39, 0.29) is 11.4 Å². The van der Waals surface area contributed by atoms with E-state index in [2.05, 4.69) is 29.0 Å². The molecule has 0 bridgehead atoms. The third-order valence-corrected chi connectivity index (χ3v) is 5.76. The molecule has 156 valence electrons. The molecule has 0 aliphatic carbocycles. The fourth-order valence-electron chi connectivity index (χ4n) is 4.33. The number of carbonyl (C=O) groups excluding carboxylic acids is 1. The lowest BCUT2D eigenvalue weighted by Gasteiger charge is -2.35. The lowest BCUT2D eigenvalue weighted by Crippen LogP contribution is -2.52. The summed E-state index contributed by atoms with van der Waals surface area (Å²) in [5, 5.41) is 4.17. The molecule has 4 rings (SSSR count). The van der Waals surface area contributed by atoms with E-state index in [9.17, 15) is 4.79 Å². The van der Waals surface area contributed by atoms with Gasteiger partial charge in [-0.3, -0.25) is 9.78 Å². The number of aromatic nitrogens is 2. The van der Waals surface area contributed by atoms with Crippen molar-refractivity contribution in [1.82, 2.24) is 20.2 Å². The highest BCUT2D eigenvalue weighted by Crippen LogP contribution is 2.27. The number of carbonyl (C=O) groups is 1. The number of para-hydroxylation sites is 1. The zero-order chi connectivity index (χ0) is 21.1. The number of pyridine rings is 2. The van der Waals surface area contributed by atoms with E-state index in [0.717, 1.165) is 47.4 Å². The summed E-state index contributed by atoms with van der Waals surface area (Å²) >= 11 is 0. The molecule has 0 unspecified atom stereocenters. The van der Waals surface area contributed by atoms with E-state index in [4.69, 9.17) is 4.98 Å². The second-order valence-corrected chi connectivity index (χ2v) is 8.94. The fraction of sp³-hybridized carbons (Fsp3) is 0.400. The number of nitrogens with zero attached hydrogens (tertiary/aromatic N) is 3. The van der Waals surface area contributed by atoms with Crippen LogP contribution in [-0.4, -0.2) is 45.9 Å². The molecule has 0 saturated carbocycles. The second kappa shape index (κ2) is 8.52. The van der Waals surface area contributed by atoms with Gasteiger partial charge in [0.15, 0.2) is 0 Å². The fourth-order valence-corrected chi connectivity index (χ4v) is 4.33. The Morgan fingerprint density at radius 2 is 1.93 bits per heavy atom. The third kappa shape index (κ3) is 4.51. The lowest BCUT2D eigenvalue weighted by atomic mass is 9.99. The smallest absolute Gasteiger partial charge is 0.252 e. The number of likely N-dealkylation sites (tertiary alicyclic amines) is 1. The molecule has 0 radical (unpaired) electrons. The van der Waals surface area contributed by atoms with Gasteiger partial charge in [0.1, 0.15) is 0 Å². The van der Waals surface area contributed by atoms with Crippen LogP contribution in [0.25, 0.3) is 22.2 Å². The molecular weight excluding hydrogens is 372 g/mol. The van der Waals surface area contributed by atoms with Crippen LogP contribution in [0.5, 0.6) is 0 Å². The molecule has 1 saturated heterocycles. The van der Waals surface area contributed by atoms with Gasteiger partial charge < -0.3 is 10.2 Å². The van der Waals surface area contributed by atoms with Crippen LogP contribution in [0.4, 0.5) is 0 Å². The number of piperidine rings is 1. The van der Waals surface area contributed by atoms with Crippen LogP contribution in [0.2, 0.25) is 0 Å². The summed E-state index contributed by atoms with van der Waals surface area (Å²) in [4.78, 5) is 25.0. The Morgan fingerprint density at radius 1 is 1.13 bits per heavy atom. The van der Waals surface area contributed by atoms with Gasteiger partial charge >= 0.3 is 0 Å². The predicted octanol–water partition coefficient (Wildman–Crippen LogP) is 4.60. The van der Waals surface area contributed by atoms with Crippen molar-refractivity contribution in [3.63, 3.8) is 0 Å². The molecular formula is C25H30N4O. The Hall–Kier alpha value is -2.79. The molecule has 3 aromatic rings. The first-order valence-corrected chi connectivity index (χ1v) is 10.8. The molecule has 5 nitrogen and oxygen atoms in total. The minimum Gasteiger partial charge on any atom is -0.346 e. The van der Waals surface area contributed by atoms with Crippen molar-refractivity contribution >= 4 is 16.8 Å². The largest absolute Gasteiger partial charge is 0.346 e. The van der Waals surface area contributed by atoms with Crippen LogP contribution in [0, 0.1) is 6.92 Å². The first-order valence-electron chi connectivity index (χ1n) is 10.8. The Kier molecular flexibility index (Phi) is 5.82. The Labute approximate surface area is 178 Å². The average molecular weight is 403 g/mol. The van der Waals surface area contributed by atoms with E-state index >= 15 is 0 Å². The number of hydrogen-bond acceptors (Lipinski definition) is 4. The van der Waals surface area contributed by atoms with Gasteiger partial charge in [0, 0.05) is 35.4 Å². The highest BCUT2D eigenvalue weighted by Gasteiger charge is 2.26. The van der Waals surface area contributed by atoms with Crippen LogP contribution in [0.15, 0.2) is 48.8 Å². The zero-order valence-corrected chi connectivity index (χ0v) is 18.1. The molecule has 3 heterocycles. The van der Waals surface area contributed by atoms with E-state index in [1.165, 1.54) is 19.3 Å². The molecule has 5 heteroatoms. The lowest BCUT2D eigenvalue weighted by molar-refractivity contribution is 0.0880. The molecule has 1 aromatic carbocycles. The maximum absolute atomic E-state index is 13.4. The van der Waals surface area contributed by atoms with Gasteiger partial charge in [-0.1, -0.05) is 24.6 Å². The minimum atomic E-state index is -0.317. The van der Waals surface area contributed by atoms with Crippen molar-refractivity contribution in [2.24, 2.45) is 0 Å². The van der Waals surface area contributed by atoms with Crippen LogP contribution < -0.4 is 5.32 Å². The molecule has 0 spiro atoms. The molecule has 30 heavy (non-hydrogen) atoms. The van der Waals surface area contributed by atoms with E-state index in [1.54, 1.807) is 12.4 Å². The molecule has 1 fully saturated rings. The van der Waals surface area contributed by atoms with Crippen molar-refractivity contribution in [3.05, 3.63) is 59.9 Å². The molecule has 1 N–H and O–H groups in total. The first kappa shape index (κ1) is 20.5. The van der Waals surface area contributed by atoms with Gasteiger partial charge in [0.25, 0.3) is 5.91 Å². The van der Waals surface area contributed by atoms with Crippen molar-refractivity contribution in [1.29, 1.82) is 0 Å². The standard InChI is InChI=1S/C25H30N4O/c1-18-9-7-11-20-21(15-22(27-23(18)20)19-10-8-12-26-16-19)24(30)28-25(2,3)17-29-13-5-4-6-14-29/h7-12,15-16H,4-6,13-14,17H2,1-3H3,(H,28,30). The zero-order valence-electron chi connectivity index (χ0n) is 18.1. The summed E-state index contributed by atoms with van der Waals surface area (Å²) in [5.41, 5.74) is 3.93. The molecule has 0 atom stereocenters. The van der Waals surface area contributed by atoms with Crippen molar-refractivity contribution in [2.75, 3.05) is 19.6 Å². The van der Waals surface area contributed by atoms with Gasteiger partial charge in [-0.25, -0.2) is 4.98 Å². The van der Waals surface area contributed by atoms with Gasteiger partial charge in [0.05, 0.1) is 16.8 Å². The van der Waals surface area contributed by atoms with Gasteiger partial charge in [0.2, 0.25) is 0 Å². The Balaban J connectivity index is 1.68. The van der Waals surface area contributed by atoms with Crippen molar-refractivity contribution in [2.45, 2.75) is 45.6 Å². The molecule has 1 aliphatic rings. The summed E-state index contributed by atoms with van der Waals surface area (Å²) in [5.74, 6) is -0.0554. The van der Waals surface area contributed by atoms with Crippen molar-refractivity contribution in [3.8, 4) is 11.3 Å². The van der Waals surface area contributed by atoms with E-state index in [1.807, 2.05) is 43.3 Å². The number of aryl methyl sites for hydroxylation is 1. The van der Waals surface area contributed by atoms with Crippen molar-refractivity contribution < 1.29 is 4.79 Å². The quantitative estimate of drug-likeness (QED) is 0.678. The number of hydrogen-bond donors (Lipinski definition) is 1. The van der Waals surface area contributed by atoms with Crippen LogP contribution in [0.3, 0.4) is 0 Å². The van der Waals surface area contributed by atoms with E-state index in [0.29, 0.717) is 5.56 Å². The van der Waals surface area contributed by atoms with Gasteiger partial charge in [-0.05, 0) is 70.5 Å². The summed E-state index contributed by atoms with van der Waals surface area (Å²) in [6.07, 6.45) is 7.32. The topological polar surface area (TPSA) is 58.1 Å². The van der Waals surface area contributed by atoms with Gasteiger partial charge in [-0.15, -0.1) is 0 Å². The Bertz CT molecular complexity index is 1040. The summed E-state index contributed by atoms with van der Waals surface area (Å²) in [7, 11) is 0. The minimum absolute atomic E-state index is 0.0554. The number of rotatable bonds is 5. The first-order chi connectivity index (χ1) is 14.4. The molecule has 2 aromatic heterocycles. The predicted molar refractivity (Wildman–Crippen MR) is 122 cm³/mol. The van der Waals surface area contributed by atoms with Gasteiger partial charge in [-0.2, -0.15) is 0 Å². The summed E-state index contributed by atoms with van der Waals surface area (Å²) < 4.78 is 0. The highest BCUT2D eigenvalue weighted by atomic mass is 16.1. The maximum atomic E-state index is 13.4. The summed E-state index contributed by atoms with van der Waals surface area (Å²) in [6, 6.07) is 11.8. The SMILES string of the molecule is Cc1cccc2c(C(=O)NC(C)(C)CN3CCCCC3)cc(-c3cccnc3)nc12. The van der Waals surface area contributed by atoms with E-state index < -0.39 is 0 Å².